The van der Waals surface area contributed by atoms with Crippen molar-refractivity contribution in [2.75, 3.05) is 12.9 Å². The van der Waals surface area contributed by atoms with Crippen molar-refractivity contribution in [1.29, 1.82) is 0 Å². The van der Waals surface area contributed by atoms with E-state index < -0.39 is 5.54 Å². The van der Waals surface area contributed by atoms with Crippen LogP contribution < -0.4 is 5.73 Å². The number of carbonyl (C=O) groups excluding carboxylic acids is 1. The summed E-state index contributed by atoms with van der Waals surface area (Å²) in [4.78, 5) is 11.3. The third-order valence-corrected chi connectivity index (χ3v) is 3.84. The molecule has 1 aliphatic rings. The predicted octanol–water partition coefficient (Wildman–Crippen LogP) is 0.772. The van der Waals surface area contributed by atoms with Crippen molar-refractivity contribution in [3.63, 3.8) is 0 Å². The average Bonchev–Trinajstić information content (AvgIpc) is 2.09. The molecule has 1 saturated heterocycles. The third kappa shape index (κ3) is 1.59. The van der Waals surface area contributed by atoms with Crippen LogP contribution in [0.2, 0.25) is 0 Å². The van der Waals surface area contributed by atoms with E-state index in [2.05, 4.69) is 4.74 Å². The Morgan fingerprint density at radius 2 is 2.42 bits per heavy atom. The van der Waals surface area contributed by atoms with Crippen LogP contribution in [0.4, 0.5) is 0 Å². The van der Waals surface area contributed by atoms with Gasteiger partial charge in [0.15, 0.2) is 0 Å². The summed E-state index contributed by atoms with van der Waals surface area (Å²) < 4.78 is 4.69. The van der Waals surface area contributed by atoms with Gasteiger partial charge in [-0.3, -0.25) is 4.79 Å². The second-order valence-corrected chi connectivity index (χ2v) is 4.60. The fourth-order valence-corrected chi connectivity index (χ4v) is 2.61. The summed E-state index contributed by atoms with van der Waals surface area (Å²) in [5, 5.41) is 0.165. The summed E-state index contributed by atoms with van der Waals surface area (Å²) in [6, 6.07) is 0. The zero-order valence-electron chi connectivity index (χ0n) is 7.50. The van der Waals surface area contributed by atoms with Gasteiger partial charge in [-0.1, -0.05) is 6.92 Å². The van der Waals surface area contributed by atoms with Crippen molar-refractivity contribution in [1.82, 2.24) is 0 Å². The molecule has 0 aromatic carbocycles. The van der Waals surface area contributed by atoms with Gasteiger partial charge in [0.05, 0.1) is 7.11 Å². The zero-order chi connectivity index (χ0) is 9.19. The average molecular weight is 189 g/mol. The number of esters is 1. The number of carbonyl (C=O) groups is 1. The monoisotopic (exact) mass is 189 g/mol. The Balaban J connectivity index is 2.72. The maximum Gasteiger partial charge on any atom is 0.326 e. The van der Waals surface area contributed by atoms with Crippen LogP contribution in [0, 0.1) is 0 Å². The Hall–Kier alpha value is -0.220. The topological polar surface area (TPSA) is 52.3 Å². The lowest BCUT2D eigenvalue weighted by atomic mass is 9.91. The van der Waals surface area contributed by atoms with Gasteiger partial charge in [-0.25, -0.2) is 0 Å². The SMILES string of the molecule is COC(=O)C1(N)CCCSC1C. The molecule has 0 amide bonds. The van der Waals surface area contributed by atoms with E-state index in [1.165, 1.54) is 7.11 Å². The van der Waals surface area contributed by atoms with Gasteiger partial charge in [-0.05, 0) is 18.6 Å². The van der Waals surface area contributed by atoms with Crippen molar-refractivity contribution in [2.24, 2.45) is 5.73 Å². The first-order chi connectivity index (χ1) is 5.61. The van der Waals surface area contributed by atoms with Crippen LogP contribution in [0.15, 0.2) is 0 Å². The molecule has 2 unspecified atom stereocenters. The van der Waals surface area contributed by atoms with Gasteiger partial charge in [0.1, 0.15) is 5.54 Å². The molecule has 12 heavy (non-hydrogen) atoms. The molecule has 4 heteroatoms. The maximum atomic E-state index is 11.3. The molecule has 0 radical (unpaired) electrons. The van der Waals surface area contributed by atoms with Crippen molar-refractivity contribution < 1.29 is 9.53 Å². The number of ether oxygens (including phenoxy) is 1. The molecule has 0 spiro atoms. The Labute approximate surface area is 77.0 Å². The van der Waals surface area contributed by atoms with E-state index in [1.54, 1.807) is 11.8 Å². The highest BCUT2D eigenvalue weighted by molar-refractivity contribution is 8.00. The summed E-state index contributed by atoms with van der Waals surface area (Å²) >= 11 is 1.74. The number of rotatable bonds is 1. The quantitative estimate of drug-likeness (QED) is 0.619. The number of nitrogens with two attached hydrogens (primary N) is 1. The Kier molecular flexibility index (Phi) is 3.01. The Morgan fingerprint density at radius 1 is 1.75 bits per heavy atom. The molecule has 0 saturated carbocycles. The molecular weight excluding hydrogens is 174 g/mol. The second kappa shape index (κ2) is 3.66. The van der Waals surface area contributed by atoms with Gasteiger partial charge in [0.2, 0.25) is 0 Å². The first kappa shape index (κ1) is 9.86. The largest absolute Gasteiger partial charge is 0.468 e. The van der Waals surface area contributed by atoms with Crippen LogP contribution in [0.1, 0.15) is 19.8 Å². The van der Waals surface area contributed by atoms with Crippen LogP contribution in [-0.2, 0) is 9.53 Å². The van der Waals surface area contributed by atoms with Crippen LogP contribution in [0.5, 0.6) is 0 Å². The summed E-state index contributed by atoms with van der Waals surface area (Å²) in [6.45, 7) is 1.99. The fraction of sp³-hybridized carbons (Fsp3) is 0.875. The highest BCUT2D eigenvalue weighted by atomic mass is 32.2. The van der Waals surface area contributed by atoms with Crippen LogP contribution in [0.3, 0.4) is 0 Å². The molecule has 0 bridgehead atoms. The first-order valence-corrected chi connectivity index (χ1v) is 5.15. The van der Waals surface area contributed by atoms with E-state index >= 15 is 0 Å². The number of hydrogen-bond acceptors (Lipinski definition) is 4. The molecule has 0 aromatic rings. The zero-order valence-corrected chi connectivity index (χ0v) is 8.32. The molecule has 2 atom stereocenters. The van der Waals surface area contributed by atoms with E-state index in [-0.39, 0.29) is 11.2 Å². The lowest BCUT2D eigenvalue weighted by Crippen LogP contribution is -2.57. The maximum absolute atomic E-state index is 11.3. The van der Waals surface area contributed by atoms with Crippen LogP contribution >= 0.6 is 11.8 Å². The van der Waals surface area contributed by atoms with Gasteiger partial charge in [-0.2, -0.15) is 11.8 Å². The molecule has 1 rings (SSSR count). The summed E-state index contributed by atoms with van der Waals surface area (Å²) in [6.07, 6.45) is 1.74. The number of methoxy groups -OCH3 is 1. The fourth-order valence-electron chi connectivity index (χ4n) is 1.43. The third-order valence-electron chi connectivity index (χ3n) is 2.39. The van der Waals surface area contributed by atoms with Gasteiger partial charge < -0.3 is 10.5 Å². The lowest BCUT2D eigenvalue weighted by Gasteiger charge is -2.35. The normalized spacial score (nSPS) is 36.1. The van der Waals surface area contributed by atoms with Gasteiger partial charge in [-0.15, -0.1) is 0 Å². The molecule has 2 N–H and O–H groups in total. The van der Waals surface area contributed by atoms with E-state index in [0.29, 0.717) is 0 Å². The van der Waals surface area contributed by atoms with Crippen LogP contribution in [-0.4, -0.2) is 29.6 Å². The lowest BCUT2D eigenvalue weighted by molar-refractivity contribution is -0.147. The minimum atomic E-state index is -0.752. The smallest absolute Gasteiger partial charge is 0.326 e. The molecule has 70 valence electrons. The van der Waals surface area contributed by atoms with Gasteiger partial charge in [0.25, 0.3) is 0 Å². The molecule has 3 nitrogen and oxygen atoms in total. The molecular formula is C8H15NO2S. The van der Waals surface area contributed by atoms with Gasteiger partial charge in [0, 0.05) is 5.25 Å². The van der Waals surface area contributed by atoms with E-state index in [0.717, 1.165) is 18.6 Å². The molecule has 1 fully saturated rings. The van der Waals surface area contributed by atoms with Crippen molar-refractivity contribution in [2.45, 2.75) is 30.6 Å². The first-order valence-electron chi connectivity index (χ1n) is 4.10. The molecule has 0 aromatic heterocycles. The van der Waals surface area contributed by atoms with Crippen LogP contribution in [0.25, 0.3) is 0 Å². The standard InChI is InChI=1S/C8H15NO2S/c1-6-8(9,7(10)11-2)4-3-5-12-6/h6H,3-5,9H2,1-2H3. The molecule has 0 aliphatic carbocycles. The molecule has 1 aliphatic heterocycles. The summed E-state index contributed by atoms with van der Waals surface area (Å²) in [7, 11) is 1.39. The second-order valence-electron chi connectivity index (χ2n) is 3.15. The molecule has 1 heterocycles. The minimum absolute atomic E-state index is 0.165. The summed E-state index contributed by atoms with van der Waals surface area (Å²) in [5.41, 5.74) is 5.21. The minimum Gasteiger partial charge on any atom is -0.468 e. The Bertz CT molecular complexity index is 186. The highest BCUT2D eigenvalue weighted by Crippen LogP contribution is 2.32. The highest BCUT2D eigenvalue weighted by Gasteiger charge is 2.42. The van der Waals surface area contributed by atoms with Gasteiger partial charge >= 0.3 is 5.97 Å². The van der Waals surface area contributed by atoms with Crippen molar-refractivity contribution >= 4 is 17.7 Å². The number of thioether (sulfide) groups is 1. The number of hydrogen-bond donors (Lipinski definition) is 1. The summed E-state index contributed by atoms with van der Waals surface area (Å²) in [5.74, 6) is 0.819. The van der Waals surface area contributed by atoms with Crippen molar-refractivity contribution in [3.05, 3.63) is 0 Å². The predicted molar refractivity (Wildman–Crippen MR) is 50.1 cm³/mol. The van der Waals surface area contributed by atoms with Crippen molar-refractivity contribution in [3.8, 4) is 0 Å². The van der Waals surface area contributed by atoms with E-state index in [9.17, 15) is 4.79 Å². The van der Waals surface area contributed by atoms with E-state index in [4.69, 9.17) is 5.73 Å². The Morgan fingerprint density at radius 3 is 2.92 bits per heavy atom. The van der Waals surface area contributed by atoms with E-state index in [1.807, 2.05) is 6.92 Å².